The Bertz CT molecular complexity index is 575. The van der Waals surface area contributed by atoms with E-state index in [-0.39, 0.29) is 16.9 Å². The zero-order valence-corrected chi connectivity index (χ0v) is 10.9. The zero-order valence-electron chi connectivity index (χ0n) is 10.9. The Labute approximate surface area is 116 Å². The summed E-state index contributed by atoms with van der Waals surface area (Å²) < 4.78 is 0. The first-order chi connectivity index (χ1) is 9.60. The van der Waals surface area contributed by atoms with Gasteiger partial charge in [0.25, 0.3) is 11.6 Å². The van der Waals surface area contributed by atoms with Crippen molar-refractivity contribution in [3.05, 3.63) is 46.2 Å². The van der Waals surface area contributed by atoms with E-state index in [2.05, 4.69) is 10.6 Å². The predicted octanol–water partition coefficient (Wildman–Crippen LogP) is 1.94. The Hall–Kier alpha value is -2.88. The maximum Gasteiger partial charge on any atom is 0.292 e. The van der Waals surface area contributed by atoms with Crippen LogP contribution in [0.1, 0.15) is 13.3 Å². The van der Waals surface area contributed by atoms with E-state index in [0.29, 0.717) is 6.54 Å². The molecule has 0 aliphatic heterocycles. The number of amides is 1. The van der Waals surface area contributed by atoms with E-state index in [0.717, 1.165) is 6.42 Å². The van der Waals surface area contributed by atoms with Crippen LogP contribution in [-0.2, 0) is 4.79 Å². The summed E-state index contributed by atoms with van der Waals surface area (Å²) in [6.07, 6.45) is 2.15. The Morgan fingerprint density at radius 3 is 2.80 bits per heavy atom. The van der Waals surface area contributed by atoms with E-state index in [1.165, 1.54) is 24.4 Å². The zero-order chi connectivity index (χ0) is 15.0. The minimum Gasteiger partial charge on any atom is -0.390 e. The summed E-state index contributed by atoms with van der Waals surface area (Å²) in [7, 11) is 0. The van der Waals surface area contributed by atoms with E-state index in [4.69, 9.17) is 5.26 Å². The topological polar surface area (TPSA) is 108 Å². The quantitative estimate of drug-likeness (QED) is 0.271. The molecule has 104 valence electrons. The third-order valence-electron chi connectivity index (χ3n) is 2.35. The molecule has 7 heteroatoms. The molecular weight excluding hydrogens is 260 g/mol. The molecule has 1 aromatic carbocycles. The third kappa shape index (κ3) is 4.10. The number of carbonyl (C=O) groups excluding carboxylic acids is 1. The first kappa shape index (κ1) is 15.2. The summed E-state index contributed by atoms with van der Waals surface area (Å²) in [5, 5.41) is 24.9. The van der Waals surface area contributed by atoms with Crippen LogP contribution in [0.3, 0.4) is 0 Å². The molecule has 0 radical (unpaired) electrons. The van der Waals surface area contributed by atoms with E-state index < -0.39 is 10.8 Å². The standard InChI is InChI=1S/C13H14N4O3/c1-2-7-15-9-10(8-14)13(18)16-11-5-3-4-6-12(11)17(19)20/h3-6,9,15H,2,7H2,1H3,(H,16,18)/b10-9-. The molecule has 0 aromatic heterocycles. The van der Waals surface area contributed by atoms with Crippen molar-refractivity contribution >= 4 is 17.3 Å². The molecule has 7 nitrogen and oxygen atoms in total. The molecule has 20 heavy (non-hydrogen) atoms. The van der Waals surface area contributed by atoms with Crippen LogP contribution in [0.2, 0.25) is 0 Å². The van der Waals surface area contributed by atoms with Crippen LogP contribution in [0.25, 0.3) is 0 Å². The second kappa shape index (κ2) is 7.53. The molecule has 1 rings (SSSR count). The van der Waals surface area contributed by atoms with Gasteiger partial charge in [0.1, 0.15) is 17.3 Å². The first-order valence-electron chi connectivity index (χ1n) is 5.98. The number of nitrogens with zero attached hydrogens (tertiary/aromatic N) is 2. The third-order valence-corrected chi connectivity index (χ3v) is 2.35. The van der Waals surface area contributed by atoms with E-state index in [1.54, 1.807) is 12.1 Å². The van der Waals surface area contributed by atoms with Crippen LogP contribution in [-0.4, -0.2) is 17.4 Å². The molecule has 0 unspecified atom stereocenters. The largest absolute Gasteiger partial charge is 0.390 e. The van der Waals surface area contributed by atoms with Gasteiger partial charge in [-0.25, -0.2) is 0 Å². The summed E-state index contributed by atoms with van der Waals surface area (Å²) in [5.41, 5.74) is -0.310. The number of para-hydroxylation sites is 2. The van der Waals surface area contributed by atoms with Crippen LogP contribution < -0.4 is 10.6 Å². The number of anilines is 1. The summed E-state index contributed by atoms with van der Waals surface area (Å²) in [5.74, 6) is -0.689. The SMILES string of the molecule is CCCN/C=C(/C#N)C(=O)Nc1ccccc1[N+](=O)[O-]. The van der Waals surface area contributed by atoms with Crippen molar-refractivity contribution in [2.45, 2.75) is 13.3 Å². The smallest absolute Gasteiger partial charge is 0.292 e. The van der Waals surface area contributed by atoms with Gasteiger partial charge in [0.2, 0.25) is 0 Å². The van der Waals surface area contributed by atoms with E-state index >= 15 is 0 Å². The Balaban J connectivity index is 2.87. The van der Waals surface area contributed by atoms with Crippen molar-refractivity contribution < 1.29 is 9.72 Å². The number of nitro benzene ring substituents is 1. The van der Waals surface area contributed by atoms with Gasteiger partial charge in [0.15, 0.2) is 0 Å². The summed E-state index contributed by atoms with van der Waals surface area (Å²) in [6, 6.07) is 7.49. The second-order valence-electron chi connectivity index (χ2n) is 3.85. The van der Waals surface area contributed by atoms with Gasteiger partial charge in [0, 0.05) is 18.8 Å². The molecule has 0 aliphatic carbocycles. The van der Waals surface area contributed by atoms with Crippen molar-refractivity contribution in [3.63, 3.8) is 0 Å². The van der Waals surface area contributed by atoms with Crippen LogP contribution in [0.5, 0.6) is 0 Å². The molecule has 0 spiro atoms. The van der Waals surface area contributed by atoms with Gasteiger partial charge < -0.3 is 10.6 Å². The highest BCUT2D eigenvalue weighted by Crippen LogP contribution is 2.23. The van der Waals surface area contributed by atoms with E-state index in [1.807, 2.05) is 6.92 Å². The normalized spacial score (nSPS) is 10.5. The number of hydrogen-bond acceptors (Lipinski definition) is 5. The molecule has 1 amide bonds. The van der Waals surface area contributed by atoms with Gasteiger partial charge in [-0.05, 0) is 12.5 Å². The number of nitro groups is 1. The monoisotopic (exact) mass is 274 g/mol. The predicted molar refractivity (Wildman–Crippen MR) is 73.7 cm³/mol. The average Bonchev–Trinajstić information content (AvgIpc) is 2.44. The highest BCUT2D eigenvalue weighted by atomic mass is 16.6. The van der Waals surface area contributed by atoms with Crippen molar-refractivity contribution in [2.24, 2.45) is 0 Å². The van der Waals surface area contributed by atoms with Crippen molar-refractivity contribution in [1.82, 2.24) is 5.32 Å². The van der Waals surface area contributed by atoms with Crippen LogP contribution in [0.15, 0.2) is 36.0 Å². The number of nitrogens with one attached hydrogen (secondary N) is 2. The van der Waals surface area contributed by atoms with Crippen molar-refractivity contribution in [3.8, 4) is 6.07 Å². The van der Waals surface area contributed by atoms with Gasteiger partial charge in [-0.2, -0.15) is 5.26 Å². The summed E-state index contributed by atoms with van der Waals surface area (Å²) in [6.45, 7) is 2.57. The number of nitriles is 1. The Morgan fingerprint density at radius 2 is 2.20 bits per heavy atom. The molecule has 0 saturated heterocycles. The molecular formula is C13H14N4O3. The Morgan fingerprint density at radius 1 is 1.50 bits per heavy atom. The molecule has 2 N–H and O–H groups in total. The second-order valence-corrected chi connectivity index (χ2v) is 3.85. The molecule has 0 aliphatic rings. The van der Waals surface area contributed by atoms with Gasteiger partial charge in [-0.15, -0.1) is 0 Å². The van der Waals surface area contributed by atoms with Crippen LogP contribution in [0, 0.1) is 21.4 Å². The van der Waals surface area contributed by atoms with Gasteiger partial charge >= 0.3 is 0 Å². The molecule has 0 atom stereocenters. The fourth-order valence-electron chi connectivity index (χ4n) is 1.40. The average molecular weight is 274 g/mol. The maximum absolute atomic E-state index is 11.8. The van der Waals surface area contributed by atoms with Gasteiger partial charge in [-0.1, -0.05) is 19.1 Å². The van der Waals surface area contributed by atoms with Gasteiger partial charge in [0.05, 0.1) is 4.92 Å². The number of rotatable bonds is 6. The van der Waals surface area contributed by atoms with Crippen LogP contribution in [0.4, 0.5) is 11.4 Å². The fraction of sp³-hybridized carbons (Fsp3) is 0.231. The van der Waals surface area contributed by atoms with Crippen LogP contribution >= 0.6 is 0 Å². The minimum absolute atomic E-state index is 0.0548. The van der Waals surface area contributed by atoms with Crippen molar-refractivity contribution in [2.75, 3.05) is 11.9 Å². The minimum atomic E-state index is -0.689. The lowest BCUT2D eigenvalue weighted by atomic mass is 10.2. The van der Waals surface area contributed by atoms with Crippen molar-refractivity contribution in [1.29, 1.82) is 5.26 Å². The Kier molecular flexibility index (Phi) is 5.72. The molecule has 0 fully saturated rings. The number of benzene rings is 1. The fourth-order valence-corrected chi connectivity index (χ4v) is 1.40. The van der Waals surface area contributed by atoms with Gasteiger partial charge in [-0.3, -0.25) is 14.9 Å². The molecule has 0 saturated carbocycles. The lowest BCUT2D eigenvalue weighted by Gasteiger charge is -2.05. The highest BCUT2D eigenvalue weighted by Gasteiger charge is 2.16. The lowest BCUT2D eigenvalue weighted by Crippen LogP contribution is -2.17. The number of carbonyl (C=O) groups is 1. The summed E-state index contributed by atoms with van der Waals surface area (Å²) >= 11 is 0. The number of hydrogen-bond donors (Lipinski definition) is 2. The molecule has 0 heterocycles. The molecule has 1 aromatic rings. The van der Waals surface area contributed by atoms with E-state index in [9.17, 15) is 14.9 Å². The first-order valence-corrected chi connectivity index (χ1v) is 5.98. The maximum atomic E-state index is 11.8. The molecule has 0 bridgehead atoms. The highest BCUT2D eigenvalue weighted by molar-refractivity contribution is 6.07. The summed E-state index contributed by atoms with van der Waals surface area (Å²) in [4.78, 5) is 22.1. The lowest BCUT2D eigenvalue weighted by molar-refractivity contribution is -0.383.